The van der Waals surface area contributed by atoms with Crippen LogP contribution in [0.15, 0.2) is 29.4 Å². The van der Waals surface area contributed by atoms with E-state index < -0.39 is 11.9 Å². The first-order valence-electron chi connectivity index (χ1n) is 8.00. The molecular weight excluding hydrogens is 294 g/mol. The fourth-order valence-corrected chi connectivity index (χ4v) is 3.23. The third kappa shape index (κ3) is 3.36. The van der Waals surface area contributed by atoms with Crippen LogP contribution in [0.1, 0.15) is 43.0 Å². The second-order valence-electron chi connectivity index (χ2n) is 6.21. The second kappa shape index (κ2) is 6.40. The minimum atomic E-state index is -0.828. The van der Waals surface area contributed by atoms with E-state index in [0.717, 1.165) is 37.2 Å². The summed E-state index contributed by atoms with van der Waals surface area (Å²) >= 11 is 0. The highest BCUT2D eigenvalue weighted by Gasteiger charge is 2.34. The van der Waals surface area contributed by atoms with E-state index in [9.17, 15) is 14.7 Å². The maximum Gasteiger partial charge on any atom is 0.308 e. The van der Waals surface area contributed by atoms with Gasteiger partial charge in [0, 0.05) is 30.3 Å². The molecular formula is C17H21N3O3. The molecule has 1 heterocycles. The molecule has 2 aliphatic rings. The summed E-state index contributed by atoms with van der Waals surface area (Å²) in [4.78, 5) is 23.5. The molecule has 0 radical (unpaired) electrons. The van der Waals surface area contributed by atoms with Gasteiger partial charge in [0.15, 0.2) is 0 Å². The summed E-state index contributed by atoms with van der Waals surface area (Å²) in [6.07, 6.45) is 3.15. The lowest BCUT2D eigenvalue weighted by Crippen LogP contribution is -2.40. The maximum absolute atomic E-state index is 12.3. The van der Waals surface area contributed by atoms with Gasteiger partial charge in [0.05, 0.1) is 11.6 Å². The highest BCUT2D eigenvalue weighted by molar-refractivity contribution is 5.95. The number of carboxylic acids is 1. The summed E-state index contributed by atoms with van der Waals surface area (Å²) in [5.41, 5.74) is 2.61. The van der Waals surface area contributed by atoms with Gasteiger partial charge in [-0.25, -0.2) is 0 Å². The molecule has 2 N–H and O–H groups in total. The topological polar surface area (TPSA) is 82.0 Å². The molecule has 1 aromatic rings. The maximum atomic E-state index is 12.3. The number of benzene rings is 1. The Bertz CT molecular complexity index is 639. The Morgan fingerprint density at radius 2 is 2.00 bits per heavy atom. The van der Waals surface area contributed by atoms with E-state index >= 15 is 0 Å². The van der Waals surface area contributed by atoms with Gasteiger partial charge in [0.25, 0.3) is 5.91 Å². The standard InChI is InChI=1S/C17H21N3O3/c1-11-9-10-20(19-11)13-7-5-12(6-8-13)16(21)18-15-4-2-3-14(15)17(22)23/h5-8,14-15H,2-4,9-10H2,1H3,(H,18,21)(H,22,23)/t14-,15+/m1/s1. The van der Waals surface area contributed by atoms with Crippen LogP contribution in [0, 0.1) is 5.92 Å². The number of carbonyl (C=O) groups excluding carboxylic acids is 1. The number of amides is 1. The monoisotopic (exact) mass is 315 g/mol. The van der Waals surface area contributed by atoms with Gasteiger partial charge in [-0.2, -0.15) is 5.10 Å². The van der Waals surface area contributed by atoms with Crippen LogP contribution in [0.2, 0.25) is 0 Å². The molecule has 6 nitrogen and oxygen atoms in total. The molecule has 1 aliphatic heterocycles. The lowest BCUT2D eigenvalue weighted by Gasteiger charge is -2.18. The van der Waals surface area contributed by atoms with Crippen LogP contribution in [0.25, 0.3) is 0 Å². The van der Waals surface area contributed by atoms with Gasteiger partial charge >= 0.3 is 5.97 Å². The van der Waals surface area contributed by atoms with Gasteiger partial charge < -0.3 is 10.4 Å². The van der Waals surface area contributed by atoms with Crippen LogP contribution in [0.5, 0.6) is 0 Å². The van der Waals surface area contributed by atoms with E-state index in [4.69, 9.17) is 0 Å². The second-order valence-corrected chi connectivity index (χ2v) is 6.21. The number of anilines is 1. The Balaban J connectivity index is 1.65. The Labute approximate surface area is 135 Å². The molecule has 3 rings (SSSR count). The highest BCUT2D eigenvalue weighted by atomic mass is 16.4. The number of hydrogen-bond acceptors (Lipinski definition) is 4. The number of nitrogens with one attached hydrogen (secondary N) is 1. The Morgan fingerprint density at radius 1 is 1.26 bits per heavy atom. The minimum Gasteiger partial charge on any atom is -0.481 e. The van der Waals surface area contributed by atoms with Crippen molar-refractivity contribution >= 4 is 23.3 Å². The number of hydrogen-bond donors (Lipinski definition) is 2. The largest absolute Gasteiger partial charge is 0.481 e. The van der Waals surface area contributed by atoms with Crippen molar-refractivity contribution in [2.24, 2.45) is 11.0 Å². The van der Waals surface area contributed by atoms with E-state index in [1.807, 2.05) is 24.1 Å². The smallest absolute Gasteiger partial charge is 0.308 e. The number of carboxylic acid groups (broad SMARTS) is 1. The van der Waals surface area contributed by atoms with Gasteiger partial charge in [-0.15, -0.1) is 0 Å². The number of hydrazone groups is 1. The third-order valence-corrected chi connectivity index (χ3v) is 4.55. The molecule has 2 atom stereocenters. The van der Waals surface area contributed by atoms with Crippen molar-refractivity contribution in [2.75, 3.05) is 11.6 Å². The van der Waals surface area contributed by atoms with Crippen LogP contribution in [-0.4, -0.2) is 35.3 Å². The molecule has 0 bridgehead atoms. The summed E-state index contributed by atoms with van der Waals surface area (Å²) < 4.78 is 0. The zero-order chi connectivity index (χ0) is 16.4. The number of aliphatic carboxylic acids is 1. The van der Waals surface area contributed by atoms with Crippen molar-refractivity contribution < 1.29 is 14.7 Å². The van der Waals surface area contributed by atoms with Crippen molar-refractivity contribution in [2.45, 2.75) is 38.6 Å². The van der Waals surface area contributed by atoms with E-state index in [0.29, 0.717) is 12.0 Å². The summed E-state index contributed by atoms with van der Waals surface area (Å²) in [6.45, 7) is 2.86. The molecule has 6 heteroatoms. The number of nitrogens with zero attached hydrogens (tertiary/aromatic N) is 2. The number of rotatable bonds is 4. The molecule has 0 aromatic heterocycles. The van der Waals surface area contributed by atoms with Crippen molar-refractivity contribution in [3.8, 4) is 0 Å². The summed E-state index contributed by atoms with van der Waals surface area (Å²) in [7, 11) is 0. The predicted molar refractivity (Wildman–Crippen MR) is 87.7 cm³/mol. The Kier molecular flexibility index (Phi) is 4.32. The average molecular weight is 315 g/mol. The van der Waals surface area contributed by atoms with Gasteiger partial charge in [-0.1, -0.05) is 6.42 Å². The first-order chi connectivity index (χ1) is 11.0. The van der Waals surface area contributed by atoms with Gasteiger partial charge in [-0.3, -0.25) is 14.6 Å². The van der Waals surface area contributed by atoms with Crippen molar-refractivity contribution in [1.82, 2.24) is 5.32 Å². The molecule has 1 amide bonds. The van der Waals surface area contributed by atoms with Crippen LogP contribution in [-0.2, 0) is 4.79 Å². The molecule has 0 saturated heterocycles. The molecule has 1 saturated carbocycles. The zero-order valence-corrected chi connectivity index (χ0v) is 13.2. The van der Waals surface area contributed by atoms with Crippen LogP contribution in [0.4, 0.5) is 5.69 Å². The molecule has 1 fully saturated rings. The van der Waals surface area contributed by atoms with E-state index in [2.05, 4.69) is 10.4 Å². The lowest BCUT2D eigenvalue weighted by molar-refractivity contribution is -0.142. The van der Waals surface area contributed by atoms with Crippen molar-refractivity contribution in [3.05, 3.63) is 29.8 Å². The molecule has 122 valence electrons. The predicted octanol–water partition coefficient (Wildman–Crippen LogP) is 2.26. The molecule has 23 heavy (non-hydrogen) atoms. The number of carbonyl (C=O) groups is 2. The molecule has 1 aliphatic carbocycles. The quantitative estimate of drug-likeness (QED) is 0.893. The van der Waals surface area contributed by atoms with Crippen LogP contribution >= 0.6 is 0 Å². The van der Waals surface area contributed by atoms with Crippen LogP contribution in [0.3, 0.4) is 0 Å². The molecule has 0 unspecified atom stereocenters. The SMILES string of the molecule is CC1=NN(c2ccc(C(=O)N[C@H]3CCC[C@H]3C(=O)O)cc2)CC1. The fourth-order valence-electron chi connectivity index (χ4n) is 3.23. The summed E-state index contributed by atoms with van der Waals surface area (Å²) in [5, 5.41) is 18.4. The molecule has 0 spiro atoms. The summed E-state index contributed by atoms with van der Waals surface area (Å²) in [6, 6.07) is 7.00. The van der Waals surface area contributed by atoms with Crippen LogP contribution < -0.4 is 10.3 Å². The van der Waals surface area contributed by atoms with Gasteiger partial charge in [0.1, 0.15) is 0 Å². The molecule has 1 aromatic carbocycles. The first kappa shape index (κ1) is 15.5. The van der Waals surface area contributed by atoms with Gasteiger partial charge in [-0.05, 0) is 44.0 Å². The van der Waals surface area contributed by atoms with E-state index in [-0.39, 0.29) is 11.9 Å². The fraction of sp³-hybridized carbons (Fsp3) is 0.471. The minimum absolute atomic E-state index is 0.212. The van der Waals surface area contributed by atoms with E-state index in [1.54, 1.807) is 12.1 Å². The zero-order valence-electron chi connectivity index (χ0n) is 13.2. The Hall–Kier alpha value is -2.37. The van der Waals surface area contributed by atoms with Crippen molar-refractivity contribution in [3.63, 3.8) is 0 Å². The Morgan fingerprint density at radius 3 is 2.61 bits per heavy atom. The van der Waals surface area contributed by atoms with Crippen molar-refractivity contribution in [1.29, 1.82) is 0 Å². The normalized spacial score (nSPS) is 23.7. The lowest BCUT2D eigenvalue weighted by atomic mass is 10.0. The van der Waals surface area contributed by atoms with E-state index in [1.165, 1.54) is 0 Å². The highest BCUT2D eigenvalue weighted by Crippen LogP contribution is 2.26. The van der Waals surface area contributed by atoms with Gasteiger partial charge in [0.2, 0.25) is 0 Å². The average Bonchev–Trinajstić information content (AvgIpc) is 3.16. The third-order valence-electron chi connectivity index (χ3n) is 4.55. The first-order valence-corrected chi connectivity index (χ1v) is 8.00. The summed E-state index contributed by atoms with van der Waals surface area (Å²) in [5.74, 6) is -1.51.